The van der Waals surface area contributed by atoms with E-state index >= 15 is 0 Å². The van der Waals surface area contributed by atoms with Gasteiger partial charge in [-0.2, -0.15) is 13.2 Å². The summed E-state index contributed by atoms with van der Waals surface area (Å²) in [6, 6.07) is 6.79. The maximum atomic E-state index is 12.6. The topological polar surface area (TPSA) is 83.8 Å². The third-order valence-corrected chi connectivity index (χ3v) is 2.68. The Morgan fingerprint density at radius 2 is 2.00 bits per heavy atom. The standard InChI is InChI=1S/C11H11F3N4O/c1-10(15,11(12,13)14)8(19)18-9-16-6-4-2-3-5-7(6)17-9/h2-5H,15H2,1H3,(H2,16,17,18,19). The van der Waals surface area contributed by atoms with E-state index in [2.05, 4.69) is 9.97 Å². The van der Waals surface area contributed by atoms with Crippen LogP contribution in [0, 0.1) is 0 Å². The molecule has 0 saturated heterocycles. The third kappa shape index (κ3) is 2.39. The van der Waals surface area contributed by atoms with Crippen LogP contribution in [0.25, 0.3) is 11.0 Å². The molecule has 0 radical (unpaired) electrons. The summed E-state index contributed by atoms with van der Waals surface area (Å²) < 4.78 is 37.7. The molecule has 102 valence electrons. The summed E-state index contributed by atoms with van der Waals surface area (Å²) in [5.74, 6) is -1.45. The van der Waals surface area contributed by atoms with Gasteiger partial charge in [0.2, 0.25) is 5.95 Å². The normalized spacial score (nSPS) is 15.2. The Morgan fingerprint density at radius 3 is 2.58 bits per heavy atom. The van der Waals surface area contributed by atoms with E-state index in [0.717, 1.165) is 0 Å². The number of H-pyrrole nitrogens is 1. The van der Waals surface area contributed by atoms with Crippen molar-refractivity contribution in [1.82, 2.24) is 9.97 Å². The van der Waals surface area contributed by atoms with E-state index in [9.17, 15) is 18.0 Å². The largest absolute Gasteiger partial charge is 0.415 e. The maximum absolute atomic E-state index is 12.6. The Labute approximate surface area is 106 Å². The highest BCUT2D eigenvalue weighted by Crippen LogP contribution is 2.28. The first-order chi connectivity index (χ1) is 8.72. The summed E-state index contributed by atoms with van der Waals surface area (Å²) in [6.45, 7) is 0.602. The highest BCUT2D eigenvalue weighted by atomic mass is 19.4. The average Bonchev–Trinajstić information content (AvgIpc) is 2.69. The van der Waals surface area contributed by atoms with Gasteiger partial charge < -0.3 is 10.7 Å². The number of nitrogens with one attached hydrogen (secondary N) is 2. The fraction of sp³-hybridized carbons (Fsp3) is 0.273. The molecular formula is C11H11F3N4O. The summed E-state index contributed by atoms with van der Waals surface area (Å²) in [7, 11) is 0. The second-order valence-electron chi connectivity index (χ2n) is 4.26. The van der Waals surface area contributed by atoms with Crippen molar-refractivity contribution >= 4 is 22.9 Å². The summed E-state index contributed by atoms with van der Waals surface area (Å²) in [5.41, 5.74) is 3.15. The van der Waals surface area contributed by atoms with Crippen LogP contribution in [0.15, 0.2) is 24.3 Å². The van der Waals surface area contributed by atoms with Gasteiger partial charge in [-0.15, -0.1) is 0 Å². The molecular weight excluding hydrogens is 261 g/mol. The lowest BCUT2D eigenvalue weighted by Crippen LogP contribution is -2.59. The predicted molar refractivity (Wildman–Crippen MR) is 63.4 cm³/mol. The molecule has 1 unspecified atom stereocenters. The Balaban J connectivity index is 2.24. The first-order valence-corrected chi connectivity index (χ1v) is 5.33. The monoisotopic (exact) mass is 272 g/mol. The number of para-hydroxylation sites is 2. The second kappa shape index (κ2) is 4.23. The zero-order chi connectivity index (χ0) is 14.3. The summed E-state index contributed by atoms with van der Waals surface area (Å²) >= 11 is 0. The van der Waals surface area contributed by atoms with Gasteiger partial charge in [-0.1, -0.05) is 12.1 Å². The zero-order valence-electron chi connectivity index (χ0n) is 9.88. The van der Waals surface area contributed by atoms with E-state index in [1.165, 1.54) is 0 Å². The number of nitrogens with zero attached hydrogens (tertiary/aromatic N) is 1. The molecule has 1 aromatic heterocycles. The van der Waals surface area contributed by atoms with Crippen molar-refractivity contribution in [3.8, 4) is 0 Å². The first-order valence-electron chi connectivity index (χ1n) is 5.33. The van der Waals surface area contributed by atoms with E-state index in [1.54, 1.807) is 24.3 Å². The quantitative estimate of drug-likeness (QED) is 0.779. The summed E-state index contributed by atoms with van der Waals surface area (Å²) in [5, 5.41) is 2.03. The van der Waals surface area contributed by atoms with Gasteiger partial charge in [0.05, 0.1) is 11.0 Å². The second-order valence-corrected chi connectivity index (χ2v) is 4.26. The molecule has 0 bridgehead atoms. The van der Waals surface area contributed by atoms with Crippen LogP contribution in [0.1, 0.15) is 6.92 Å². The minimum Gasteiger partial charge on any atom is -0.324 e. The van der Waals surface area contributed by atoms with Gasteiger partial charge in [-0.05, 0) is 19.1 Å². The van der Waals surface area contributed by atoms with E-state index in [4.69, 9.17) is 5.73 Å². The van der Waals surface area contributed by atoms with Crippen molar-refractivity contribution in [3.05, 3.63) is 24.3 Å². The van der Waals surface area contributed by atoms with Gasteiger partial charge in [0.25, 0.3) is 5.91 Å². The van der Waals surface area contributed by atoms with E-state index < -0.39 is 17.6 Å². The van der Waals surface area contributed by atoms with Gasteiger partial charge in [0, 0.05) is 0 Å². The minimum absolute atomic E-state index is 0.0767. The number of benzene rings is 1. The summed E-state index contributed by atoms with van der Waals surface area (Å²) in [4.78, 5) is 18.2. The molecule has 1 amide bonds. The molecule has 0 aliphatic heterocycles. The molecule has 0 saturated carbocycles. The Hall–Kier alpha value is -2.09. The smallest absolute Gasteiger partial charge is 0.324 e. The number of rotatable bonds is 2. The van der Waals surface area contributed by atoms with Gasteiger partial charge in [-0.3, -0.25) is 10.1 Å². The lowest BCUT2D eigenvalue weighted by molar-refractivity contribution is -0.184. The molecule has 0 fully saturated rings. The molecule has 4 N–H and O–H groups in total. The number of carbonyl (C=O) groups is 1. The van der Waals surface area contributed by atoms with Gasteiger partial charge in [0.1, 0.15) is 0 Å². The fourth-order valence-corrected chi connectivity index (χ4v) is 1.38. The molecule has 2 rings (SSSR count). The number of aromatic amines is 1. The van der Waals surface area contributed by atoms with Crippen LogP contribution < -0.4 is 11.1 Å². The molecule has 1 atom stereocenters. The van der Waals surface area contributed by atoms with E-state index in [-0.39, 0.29) is 5.95 Å². The molecule has 5 nitrogen and oxygen atoms in total. The van der Waals surface area contributed by atoms with Crippen molar-refractivity contribution in [2.75, 3.05) is 5.32 Å². The Morgan fingerprint density at radius 1 is 1.37 bits per heavy atom. The maximum Gasteiger partial charge on any atom is 0.415 e. The number of carbonyl (C=O) groups excluding carboxylic acids is 1. The number of hydrogen-bond donors (Lipinski definition) is 3. The Kier molecular flexibility index (Phi) is 2.97. The molecule has 0 aliphatic rings. The minimum atomic E-state index is -4.84. The van der Waals surface area contributed by atoms with Crippen LogP contribution in [-0.2, 0) is 4.79 Å². The van der Waals surface area contributed by atoms with Crippen LogP contribution in [-0.4, -0.2) is 27.6 Å². The predicted octanol–water partition coefficient (Wildman–Crippen LogP) is 1.78. The van der Waals surface area contributed by atoms with Gasteiger partial charge >= 0.3 is 6.18 Å². The highest BCUT2D eigenvalue weighted by molar-refractivity contribution is 5.98. The van der Waals surface area contributed by atoms with Crippen molar-refractivity contribution in [2.45, 2.75) is 18.6 Å². The van der Waals surface area contributed by atoms with Crippen LogP contribution in [0.4, 0.5) is 19.1 Å². The van der Waals surface area contributed by atoms with Crippen molar-refractivity contribution in [3.63, 3.8) is 0 Å². The average molecular weight is 272 g/mol. The number of anilines is 1. The number of imidazole rings is 1. The van der Waals surface area contributed by atoms with Gasteiger partial charge in [0.15, 0.2) is 5.54 Å². The molecule has 0 aliphatic carbocycles. The van der Waals surface area contributed by atoms with Crippen molar-refractivity contribution < 1.29 is 18.0 Å². The van der Waals surface area contributed by atoms with Crippen LogP contribution in [0.2, 0.25) is 0 Å². The van der Waals surface area contributed by atoms with Crippen molar-refractivity contribution in [1.29, 1.82) is 0 Å². The number of amides is 1. The number of aromatic nitrogens is 2. The Bertz CT molecular complexity index is 585. The molecule has 19 heavy (non-hydrogen) atoms. The molecule has 1 aromatic carbocycles. The molecule has 0 spiro atoms. The first kappa shape index (κ1) is 13.3. The highest BCUT2D eigenvalue weighted by Gasteiger charge is 2.54. The lowest BCUT2D eigenvalue weighted by atomic mass is 10.0. The van der Waals surface area contributed by atoms with Gasteiger partial charge in [-0.25, -0.2) is 4.98 Å². The number of nitrogens with two attached hydrogens (primary N) is 1. The third-order valence-electron chi connectivity index (χ3n) is 2.68. The lowest BCUT2D eigenvalue weighted by Gasteiger charge is -2.25. The number of fused-ring (bicyclic) bond motifs is 1. The van der Waals surface area contributed by atoms with Crippen LogP contribution >= 0.6 is 0 Å². The fourth-order valence-electron chi connectivity index (χ4n) is 1.38. The van der Waals surface area contributed by atoms with E-state index in [1.807, 2.05) is 5.32 Å². The van der Waals surface area contributed by atoms with E-state index in [0.29, 0.717) is 18.0 Å². The molecule has 2 aromatic rings. The number of alkyl halides is 3. The number of hydrogen-bond acceptors (Lipinski definition) is 3. The zero-order valence-corrected chi connectivity index (χ0v) is 9.88. The summed E-state index contributed by atoms with van der Waals surface area (Å²) in [6.07, 6.45) is -4.84. The number of halogens is 3. The molecule has 8 heteroatoms. The van der Waals surface area contributed by atoms with Crippen LogP contribution in [0.5, 0.6) is 0 Å². The SMILES string of the molecule is CC(N)(C(=O)Nc1nc2ccccc2[nH]1)C(F)(F)F. The van der Waals surface area contributed by atoms with Crippen molar-refractivity contribution in [2.24, 2.45) is 5.73 Å². The molecule has 1 heterocycles. The van der Waals surface area contributed by atoms with Crippen LogP contribution in [0.3, 0.4) is 0 Å².